The van der Waals surface area contributed by atoms with Crippen molar-refractivity contribution in [1.82, 2.24) is 10.4 Å². The van der Waals surface area contributed by atoms with Gasteiger partial charge in [-0.25, -0.2) is 5.01 Å². The number of nitrogens with two attached hydrogens (primary N) is 1. The summed E-state index contributed by atoms with van der Waals surface area (Å²) in [6, 6.07) is 12.7. The SMILES string of the molecule is Cc1ccc(C(=O)NN2C(N)=C(C#N)C(c3ccco3)C3=C2CC(C)(C)CC3=O)cc1. The van der Waals surface area contributed by atoms with Crippen LogP contribution in [0.4, 0.5) is 0 Å². The molecule has 1 aromatic heterocycles. The van der Waals surface area contributed by atoms with Crippen molar-refractivity contribution in [2.75, 3.05) is 0 Å². The molecule has 0 radical (unpaired) electrons. The summed E-state index contributed by atoms with van der Waals surface area (Å²) in [7, 11) is 0. The van der Waals surface area contributed by atoms with Gasteiger partial charge in [-0.05, 0) is 43.0 Å². The van der Waals surface area contributed by atoms with Crippen molar-refractivity contribution in [3.05, 3.63) is 82.2 Å². The Labute approximate surface area is 180 Å². The largest absolute Gasteiger partial charge is 0.468 e. The third-order valence-corrected chi connectivity index (χ3v) is 5.74. The number of amides is 1. The molecule has 0 fully saturated rings. The van der Waals surface area contributed by atoms with Crippen molar-refractivity contribution in [1.29, 1.82) is 5.26 Å². The number of nitrogens with zero attached hydrogens (tertiary/aromatic N) is 2. The summed E-state index contributed by atoms with van der Waals surface area (Å²) in [6.45, 7) is 5.93. The Morgan fingerprint density at radius 1 is 1.26 bits per heavy atom. The molecule has 31 heavy (non-hydrogen) atoms. The zero-order valence-electron chi connectivity index (χ0n) is 17.7. The van der Waals surface area contributed by atoms with E-state index in [1.807, 2.05) is 32.9 Å². The number of ketones is 1. The van der Waals surface area contributed by atoms with Gasteiger partial charge in [0.25, 0.3) is 5.91 Å². The highest BCUT2D eigenvalue weighted by Crippen LogP contribution is 2.48. The van der Waals surface area contributed by atoms with Gasteiger partial charge in [0.05, 0.1) is 29.5 Å². The van der Waals surface area contributed by atoms with E-state index in [0.29, 0.717) is 35.4 Å². The number of carbonyl (C=O) groups excluding carboxylic acids is 2. The van der Waals surface area contributed by atoms with E-state index in [1.165, 1.54) is 11.3 Å². The molecule has 1 aliphatic heterocycles. The summed E-state index contributed by atoms with van der Waals surface area (Å²) in [6.07, 6.45) is 2.35. The maximum Gasteiger partial charge on any atom is 0.270 e. The maximum absolute atomic E-state index is 13.2. The van der Waals surface area contributed by atoms with E-state index in [4.69, 9.17) is 10.2 Å². The Bertz CT molecular complexity index is 1150. The van der Waals surface area contributed by atoms with E-state index < -0.39 is 5.92 Å². The molecular weight excluding hydrogens is 392 g/mol. The first-order chi connectivity index (χ1) is 14.7. The first kappa shape index (κ1) is 20.5. The van der Waals surface area contributed by atoms with Crippen LogP contribution in [0.2, 0.25) is 0 Å². The topological polar surface area (TPSA) is 112 Å². The first-order valence-corrected chi connectivity index (χ1v) is 10.1. The average molecular weight is 416 g/mol. The van der Waals surface area contributed by atoms with Crippen LogP contribution >= 0.6 is 0 Å². The standard InChI is InChI=1S/C24H24N4O3/c1-14-6-8-15(9-7-14)23(30)27-28-17-11-24(2,3)12-18(29)21(17)20(16(13-25)22(28)26)19-5-4-10-31-19/h4-10,20H,11-12,26H2,1-3H3,(H,27,30). The number of hydrogen-bond acceptors (Lipinski definition) is 6. The van der Waals surface area contributed by atoms with Crippen molar-refractivity contribution < 1.29 is 14.0 Å². The number of furan rings is 1. The number of hydrazine groups is 1. The van der Waals surface area contributed by atoms with Gasteiger partial charge in [-0.2, -0.15) is 5.26 Å². The normalized spacial score (nSPS) is 20.4. The fourth-order valence-corrected chi connectivity index (χ4v) is 4.25. The highest BCUT2D eigenvalue weighted by molar-refractivity contribution is 6.00. The van der Waals surface area contributed by atoms with Crippen LogP contribution < -0.4 is 11.2 Å². The summed E-state index contributed by atoms with van der Waals surface area (Å²) < 4.78 is 5.57. The van der Waals surface area contributed by atoms with Gasteiger partial charge in [-0.15, -0.1) is 0 Å². The molecule has 1 aliphatic carbocycles. The smallest absolute Gasteiger partial charge is 0.270 e. The highest BCUT2D eigenvalue weighted by Gasteiger charge is 2.45. The molecule has 0 bridgehead atoms. The minimum Gasteiger partial charge on any atom is -0.468 e. The zero-order valence-corrected chi connectivity index (χ0v) is 17.7. The molecule has 2 heterocycles. The molecule has 7 nitrogen and oxygen atoms in total. The number of allylic oxidation sites excluding steroid dienone is 3. The monoisotopic (exact) mass is 416 g/mol. The van der Waals surface area contributed by atoms with Gasteiger partial charge in [-0.1, -0.05) is 31.5 Å². The lowest BCUT2D eigenvalue weighted by Crippen LogP contribution is -2.49. The lowest BCUT2D eigenvalue weighted by atomic mass is 9.70. The van der Waals surface area contributed by atoms with Crippen LogP contribution in [-0.4, -0.2) is 16.7 Å². The number of nitrogens with one attached hydrogen (secondary N) is 1. The number of hydrogen-bond donors (Lipinski definition) is 2. The van der Waals surface area contributed by atoms with Crippen LogP contribution in [0.25, 0.3) is 0 Å². The molecule has 2 aromatic rings. The zero-order chi connectivity index (χ0) is 22.3. The molecule has 0 saturated heterocycles. The Morgan fingerprint density at radius 3 is 2.58 bits per heavy atom. The van der Waals surface area contributed by atoms with Crippen molar-refractivity contribution in [3.63, 3.8) is 0 Å². The van der Waals surface area contributed by atoms with Gasteiger partial charge in [0.2, 0.25) is 0 Å². The number of nitriles is 1. The quantitative estimate of drug-likeness (QED) is 0.789. The molecule has 1 amide bonds. The maximum atomic E-state index is 13.2. The van der Waals surface area contributed by atoms with Gasteiger partial charge in [0, 0.05) is 17.6 Å². The van der Waals surface area contributed by atoms with Crippen LogP contribution in [0.5, 0.6) is 0 Å². The molecule has 3 N–H and O–H groups in total. The van der Waals surface area contributed by atoms with Crippen LogP contribution in [0.15, 0.2) is 69.7 Å². The average Bonchev–Trinajstić information content (AvgIpc) is 3.24. The molecule has 1 unspecified atom stereocenters. The Hall–Kier alpha value is -3.79. The molecule has 0 spiro atoms. The van der Waals surface area contributed by atoms with E-state index in [1.54, 1.807) is 24.3 Å². The van der Waals surface area contributed by atoms with Crippen molar-refractivity contribution in [2.24, 2.45) is 11.1 Å². The third kappa shape index (κ3) is 3.61. The predicted octanol–water partition coefficient (Wildman–Crippen LogP) is 3.67. The van der Waals surface area contributed by atoms with E-state index in [-0.39, 0.29) is 28.5 Å². The van der Waals surface area contributed by atoms with Crippen LogP contribution in [0.1, 0.15) is 54.3 Å². The lowest BCUT2D eigenvalue weighted by Gasteiger charge is -2.42. The first-order valence-electron chi connectivity index (χ1n) is 10.1. The number of carbonyl (C=O) groups is 2. The number of aryl methyl sites for hydroxylation is 1. The molecule has 0 saturated carbocycles. The van der Waals surface area contributed by atoms with Crippen LogP contribution in [0.3, 0.4) is 0 Å². The summed E-state index contributed by atoms with van der Waals surface area (Å²) >= 11 is 0. The Kier molecular flexibility index (Phi) is 4.94. The minimum atomic E-state index is -0.689. The van der Waals surface area contributed by atoms with Crippen LogP contribution in [0, 0.1) is 23.7 Å². The molecular formula is C24H24N4O3. The molecule has 2 aliphatic rings. The van der Waals surface area contributed by atoms with Crippen molar-refractivity contribution in [2.45, 2.75) is 39.5 Å². The van der Waals surface area contributed by atoms with Gasteiger partial charge in [0.1, 0.15) is 11.6 Å². The summed E-state index contributed by atoms with van der Waals surface area (Å²) in [5.41, 5.74) is 11.6. The van der Waals surface area contributed by atoms with E-state index in [2.05, 4.69) is 11.5 Å². The van der Waals surface area contributed by atoms with E-state index in [0.717, 1.165) is 5.56 Å². The van der Waals surface area contributed by atoms with Gasteiger partial charge in [0.15, 0.2) is 5.78 Å². The molecule has 7 heteroatoms. The minimum absolute atomic E-state index is 0.0810. The Balaban J connectivity index is 1.83. The van der Waals surface area contributed by atoms with E-state index >= 15 is 0 Å². The number of rotatable bonds is 3. The second-order valence-electron chi connectivity index (χ2n) is 8.80. The van der Waals surface area contributed by atoms with Crippen molar-refractivity contribution >= 4 is 11.7 Å². The fraction of sp³-hybridized carbons (Fsp3) is 0.292. The second kappa shape index (κ2) is 7.47. The van der Waals surface area contributed by atoms with Crippen molar-refractivity contribution in [3.8, 4) is 6.07 Å². The molecule has 4 rings (SSSR count). The Morgan fingerprint density at radius 2 is 1.97 bits per heavy atom. The second-order valence-corrected chi connectivity index (χ2v) is 8.80. The van der Waals surface area contributed by atoms with Gasteiger partial charge in [-0.3, -0.25) is 15.0 Å². The van der Waals surface area contributed by atoms with Crippen LogP contribution in [-0.2, 0) is 4.79 Å². The molecule has 1 atom stereocenters. The number of benzene rings is 1. The summed E-state index contributed by atoms with van der Waals surface area (Å²) in [5, 5.41) is 11.3. The third-order valence-electron chi connectivity index (χ3n) is 5.74. The lowest BCUT2D eigenvalue weighted by molar-refractivity contribution is -0.118. The molecule has 1 aromatic carbocycles. The van der Waals surface area contributed by atoms with Gasteiger partial charge < -0.3 is 10.2 Å². The van der Waals surface area contributed by atoms with E-state index in [9.17, 15) is 14.9 Å². The summed E-state index contributed by atoms with van der Waals surface area (Å²) in [5.74, 6) is -0.578. The molecule has 158 valence electrons. The van der Waals surface area contributed by atoms with Gasteiger partial charge >= 0.3 is 0 Å². The highest BCUT2D eigenvalue weighted by atomic mass is 16.3. The predicted molar refractivity (Wildman–Crippen MR) is 114 cm³/mol. The summed E-state index contributed by atoms with van der Waals surface area (Å²) in [4.78, 5) is 26.2. The number of Topliss-reactive ketones (excluding diaryl/α,β-unsaturated/α-hetero) is 1. The fourth-order valence-electron chi connectivity index (χ4n) is 4.25.